The van der Waals surface area contributed by atoms with E-state index in [-0.39, 0.29) is 24.7 Å². The zero-order valence-electron chi connectivity index (χ0n) is 17.3. The summed E-state index contributed by atoms with van der Waals surface area (Å²) in [6, 6.07) is 19.0. The van der Waals surface area contributed by atoms with Crippen LogP contribution in [0.1, 0.15) is 28.2 Å². The van der Waals surface area contributed by atoms with Crippen molar-refractivity contribution < 1.29 is 19.1 Å². The number of anilines is 1. The van der Waals surface area contributed by atoms with Gasteiger partial charge in [-0.15, -0.1) is 11.8 Å². The number of amides is 1. The van der Waals surface area contributed by atoms with Crippen LogP contribution in [0.15, 0.2) is 65.6 Å². The summed E-state index contributed by atoms with van der Waals surface area (Å²) in [5.41, 5.74) is 3.95. The van der Waals surface area contributed by atoms with E-state index in [1.165, 1.54) is 11.8 Å². The number of para-hydroxylation sites is 2. The minimum Gasteiger partial charge on any atom is -0.457 e. The number of fused-ring (bicyclic) bond motifs is 1. The number of hydrogen-bond acceptors (Lipinski definition) is 5. The average molecular weight is 435 g/mol. The first-order chi connectivity index (χ1) is 14.9. The lowest BCUT2D eigenvalue weighted by molar-refractivity contribution is -0.143. The van der Waals surface area contributed by atoms with E-state index in [0.717, 1.165) is 27.7 Å². The third-order valence-electron chi connectivity index (χ3n) is 5.17. The van der Waals surface area contributed by atoms with Gasteiger partial charge in [-0.3, -0.25) is 14.4 Å². The molecule has 3 aromatic rings. The third kappa shape index (κ3) is 4.41. The van der Waals surface area contributed by atoms with Gasteiger partial charge in [-0.05, 0) is 44.2 Å². The highest BCUT2D eigenvalue weighted by molar-refractivity contribution is 8.01. The minimum atomic E-state index is -0.583. The number of nitrogens with one attached hydrogen (secondary N) is 1. The quantitative estimate of drug-likeness (QED) is 0.462. The van der Waals surface area contributed by atoms with Crippen LogP contribution >= 0.6 is 11.8 Å². The van der Waals surface area contributed by atoms with Gasteiger partial charge in [-0.2, -0.15) is 0 Å². The molecule has 1 aliphatic rings. The Balaban J connectivity index is 1.38. The van der Waals surface area contributed by atoms with Gasteiger partial charge in [0.15, 0.2) is 6.61 Å². The number of carbonyl (C=O) groups excluding carboxylic acids is 3. The minimum absolute atomic E-state index is 0.0961. The van der Waals surface area contributed by atoms with Crippen LogP contribution in [0.2, 0.25) is 0 Å². The Morgan fingerprint density at radius 3 is 2.55 bits per heavy atom. The van der Waals surface area contributed by atoms with Crippen LogP contribution < -0.4 is 5.32 Å². The molecular weight excluding hydrogens is 412 g/mol. The van der Waals surface area contributed by atoms with E-state index in [0.29, 0.717) is 5.56 Å². The molecule has 0 bridgehead atoms. The predicted molar refractivity (Wildman–Crippen MR) is 120 cm³/mol. The van der Waals surface area contributed by atoms with Crippen molar-refractivity contribution >= 4 is 35.1 Å². The first-order valence-corrected chi connectivity index (χ1v) is 10.8. The Bertz CT molecular complexity index is 1150. The molecule has 0 spiro atoms. The second-order valence-corrected chi connectivity index (χ2v) is 8.58. The Hall–Kier alpha value is -3.32. The topological polar surface area (TPSA) is 77.4 Å². The Kier molecular flexibility index (Phi) is 5.95. The number of benzene rings is 2. The number of esters is 1. The molecule has 0 fully saturated rings. The number of aromatic nitrogens is 1. The number of ketones is 1. The number of Topliss-reactive ketones (excluding diaryl/α,β-unsaturated/α-hetero) is 1. The molecule has 1 atom stereocenters. The van der Waals surface area contributed by atoms with Crippen LogP contribution in [0.4, 0.5) is 5.69 Å². The Morgan fingerprint density at radius 2 is 1.77 bits per heavy atom. The first-order valence-electron chi connectivity index (χ1n) is 9.94. The van der Waals surface area contributed by atoms with E-state index in [2.05, 4.69) is 5.32 Å². The summed E-state index contributed by atoms with van der Waals surface area (Å²) in [4.78, 5) is 38.2. The van der Waals surface area contributed by atoms with Crippen molar-refractivity contribution in [2.24, 2.45) is 0 Å². The van der Waals surface area contributed by atoms with Gasteiger partial charge in [0.05, 0.1) is 17.4 Å². The van der Waals surface area contributed by atoms with Crippen molar-refractivity contribution in [3.8, 4) is 5.69 Å². The lowest BCUT2D eigenvalue weighted by Crippen LogP contribution is -2.31. The number of thioether (sulfide) groups is 1. The molecule has 0 aliphatic carbocycles. The molecule has 158 valence electrons. The normalized spacial score (nSPS) is 15.2. The third-order valence-corrected chi connectivity index (χ3v) is 6.44. The molecule has 6 nitrogen and oxygen atoms in total. The maximum Gasteiger partial charge on any atom is 0.307 e. The number of carbonyl (C=O) groups is 3. The monoisotopic (exact) mass is 434 g/mol. The van der Waals surface area contributed by atoms with Gasteiger partial charge in [0.2, 0.25) is 11.7 Å². The van der Waals surface area contributed by atoms with Crippen molar-refractivity contribution in [2.75, 3.05) is 11.9 Å². The highest BCUT2D eigenvalue weighted by Gasteiger charge is 2.29. The SMILES string of the molecule is Cc1cc(C(=O)COC(=O)C[C@H]2Sc3ccccc3NC2=O)c(C)n1-c1ccccc1. The summed E-state index contributed by atoms with van der Waals surface area (Å²) in [5, 5.41) is 2.22. The number of rotatable bonds is 6. The molecule has 4 rings (SSSR count). The molecule has 7 heteroatoms. The highest BCUT2D eigenvalue weighted by atomic mass is 32.2. The zero-order valence-corrected chi connectivity index (χ0v) is 18.1. The standard InChI is InChI=1S/C24H22N2O4S/c1-15-12-18(16(2)26(15)17-8-4-3-5-9-17)20(27)14-30-23(28)13-22-24(29)25-19-10-6-7-11-21(19)31-22/h3-12,22H,13-14H2,1-2H3,(H,25,29)/t22-/m1/s1. The van der Waals surface area contributed by atoms with Gasteiger partial charge in [-0.1, -0.05) is 30.3 Å². The van der Waals surface area contributed by atoms with Crippen molar-refractivity contribution in [3.05, 3.63) is 77.6 Å². The molecular formula is C24H22N2O4S. The molecule has 2 heterocycles. The fourth-order valence-corrected chi connectivity index (χ4v) is 4.78. The van der Waals surface area contributed by atoms with Crippen molar-refractivity contribution in [3.63, 3.8) is 0 Å². The van der Waals surface area contributed by atoms with E-state index in [4.69, 9.17) is 4.74 Å². The lowest BCUT2D eigenvalue weighted by atomic mass is 10.1. The van der Waals surface area contributed by atoms with Crippen LogP contribution in [0.5, 0.6) is 0 Å². The maximum atomic E-state index is 12.7. The molecule has 31 heavy (non-hydrogen) atoms. The van der Waals surface area contributed by atoms with Gasteiger partial charge in [0, 0.05) is 27.5 Å². The van der Waals surface area contributed by atoms with Gasteiger partial charge in [-0.25, -0.2) is 0 Å². The van der Waals surface area contributed by atoms with Crippen LogP contribution in [-0.4, -0.2) is 34.1 Å². The highest BCUT2D eigenvalue weighted by Crippen LogP contribution is 2.36. The fourth-order valence-electron chi connectivity index (χ4n) is 3.68. The van der Waals surface area contributed by atoms with Gasteiger partial charge in [0.1, 0.15) is 0 Å². The van der Waals surface area contributed by atoms with Crippen molar-refractivity contribution in [2.45, 2.75) is 30.4 Å². The smallest absolute Gasteiger partial charge is 0.307 e. The van der Waals surface area contributed by atoms with Crippen molar-refractivity contribution in [1.29, 1.82) is 0 Å². The first kappa shape index (κ1) is 20.9. The fraction of sp³-hybridized carbons (Fsp3) is 0.208. The Morgan fingerprint density at radius 1 is 1.06 bits per heavy atom. The number of nitrogens with zero attached hydrogens (tertiary/aromatic N) is 1. The van der Waals surface area contributed by atoms with Gasteiger partial charge in [0.25, 0.3) is 0 Å². The van der Waals surface area contributed by atoms with Gasteiger partial charge >= 0.3 is 5.97 Å². The van der Waals surface area contributed by atoms with E-state index >= 15 is 0 Å². The van der Waals surface area contributed by atoms with E-state index in [1.54, 1.807) is 6.07 Å². The number of hydrogen-bond donors (Lipinski definition) is 1. The zero-order chi connectivity index (χ0) is 22.0. The second kappa shape index (κ2) is 8.81. The molecule has 0 radical (unpaired) electrons. The van der Waals surface area contributed by atoms with Crippen LogP contribution in [0.25, 0.3) is 5.69 Å². The van der Waals surface area contributed by atoms with E-state index < -0.39 is 11.2 Å². The van der Waals surface area contributed by atoms with E-state index in [1.807, 2.05) is 73.0 Å². The summed E-state index contributed by atoms with van der Waals surface area (Å²) in [7, 11) is 0. The van der Waals surface area contributed by atoms with Crippen molar-refractivity contribution in [1.82, 2.24) is 4.57 Å². The predicted octanol–water partition coefficient (Wildman–Crippen LogP) is 4.32. The van der Waals surface area contributed by atoms with Crippen LogP contribution in [0, 0.1) is 13.8 Å². The lowest BCUT2D eigenvalue weighted by Gasteiger charge is -2.23. The van der Waals surface area contributed by atoms with E-state index in [9.17, 15) is 14.4 Å². The molecule has 0 unspecified atom stereocenters. The van der Waals surface area contributed by atoms with Gasteiger partial charge < -0.3 is 14.6 Å². The molecule has 1 aromatic heterocycles. The number of ether oxygens (including phenoxy) is 1. The van der Waals surface area contributed by atoms with Crippen LogP contribution in [-0.2, 0) is 14.3 Å². The summed E-state index contributed by atoms with van der Waals surface area (Å²) in [6.07, 6.45) is -0.0961. The molecule has 0 saturated heterocycles. The largest absolute Gasteiger partial charge is 0.457 e. The Labute approximate surface area is 184 Å². The molecule has 0 saturated carbocycles. The molecule has 1 aliphatic heterocycles. The average Bonchev–Trinajstić information content (AvgIpc) is 3.07. The summed E-state index contributed by atoms with van der Waals surface area (Å²) in [6.45, 7) is 3.45. The van der Waals surface area contributed by atoms with Crippen LogP contribution in [0.3, 0.4) is 0 Å². The maximum absolute atomic E-state index is 12.7. The summed E-state index contributed by atoms with van der Waals surface area (Å²) >= 11 is 1.33. The summed E-state index contributed by atoms with van der Waals surface area (Å²) < 4.78 is 7.21. The summed E-state index contributed by atoms with van der Waals surface area (Å²) in [5.74, 6) is -1.08. The molecule has 1 amide bonds. The molecule has 1 N–H and O–H groups in total. The molecule has 2 aromatic carbocycles. The second-order valence-electron chi connectivity index (χ2n) is 7.34. The number of aryl methyl sites for hydroxylation is 1.